The molecule has 1 aromatic carbocycles. The van der Waals surface area contributed by atoms with Crippen molar-refractivity contribution in [3.05, 3.63) is 28.8 Å². The van der Waals surface area contributed by atoms with Crippen molar-refractivity contribution >= 4 is 5.91 Å². The van der Waals surface area contributed by atoms with Gasteiger partial charge in [-0.15, -0.1) is 0 Å². The van der Waals surface area contributed by atoms with Crippen LogP contribution in [0.15, 0.2) is 12.1 Å². The number of hydrogen-bond acceptors (Lipinski definition) is 4. The van der Waals surface area contributed by atoms with Gasteiger partial charge in [0.05, 0.1) is 13.2 Å². The van der Waals surface area contributed by atoms with Gasteiger partial charge in [0, 0.05) is 25.7 Å². The fourth-order valence-corrected chi connectivity index (χ4v) is 3.01. The first kappa shape index (κ1) is 16.3. The minimum atomic E-state index is -0.0244. The van der Waals surface area contributed by atoms with Gasteiger partial charge in [0.15, 0.2) is 6.61 Å². The van der Waals surface area contributed by atoms with E-state index in [4.69, 9.17) is 9.47 Å². The van der Waals surface area contributed by atoms with Gasteiger partial charge in [0.25, 0.3) is 5.91 Å². The number of carbonyl (C=O) groups excluding carboxylic acids is 1. The fourth-order valence-electron chi connectivity index (χ4n) is 3.01. The van der Waals surface area contributed by atoms with E-state index in [1.807, 2.05) is 13.8 Å². The summed E-state index contributed by atoms with van der Waals surface area (Å²) in [6.07, 6.45) is 2.19. The van der Waals surface area contributed by atoms with Crippen LogP contribution >= 0.6 is 0 Å². The Bertz CT molecular complexity index is 540. The van der Waals surface area contributed by atoms with E-state index in [0.29, 0.717) is 6.04 Å². The molecule has 1 aromatic rings. The van der Waals surface area contributed by atoms with E-state index in [2.05, 4.69) is 22.3 Å². The molecule has 5 heteroatoms. The van der Waals surface area contributed by atoms with E-state index < -0.39 is 0 Å². The number of aryl methyl sites for hydroxylation is 2. The third-order valence-electron chi connectivity index (χ3n) is 4.32. The van der Waals surface area contributed by atoms with Crippen molar-refractivity contribution in [1.82, 2.24) is 10.2 Å². The molecule has 3 rings (SSSR count). The summed E-state index contributed by atoms with van der Waals surface area (Å²) in [6, 6.07) is 4.71. The summed E-state index contributed by atoms with van der Waals surface area (Å²) in [5.74, 6) is 0.811. The van der Waals surface area contributed by atoms with Crippen LogP contribution in [0.25, 0.3) is 0 Å². The van der Waals surface area contributed by atoms with Crippen LogP contribution in [0, 0.1) is 13.8 Å². The molecular weight excluding hydrogens is 292 g/mol. The maximum absolute atomic E-state index is 11.8. The van der Waals surface area contributed by atoms with Crippen LogP contribution in [-0.4, -0.2) is 49.8 Å². The number of ether oxygens (including phenoxy) is 2. The SMILES string of the molecule is Cc1cc(CN2CCOCC2)cc(C)c1OCC(=O)NC1CC1. The molecule has 126 valence electrons. The quantitative estimate of drug-likeness (QED) is 0.869. The molecule has 1 saturated heterocycles. The molecule has 0 atom stereocenters. The monoisotopic (exact) mass is 318 g/mol. The molecule has 1 heterocycles. The molecule has 1 aliphatic heterocycles. The molecule has 23 heavy (non-hydrogen) atoms. The third-order valence-corrected chi connectivity index (χ3v) is 4.32. The highest BCUT2D eigenvalue weighted by Gasteiger charge is 2.23. The molecule has 5 nitrogen and oxygen atoms in total. The average molecular weight is 318 g/mol. The summed E-state index contributed by atoms with van der Waals surface area (Å²) < 4.78 is 11.1. The average Bonchev–Trinajstić information content (AvgIpc) is 3.31. The third kappa shape index (κ3) is 4.69. The maximum atomic E-state index is 11.8. The zero-order chi connectivity index (χ0) is 16.2. The Hall–Kier alpha value is -1.59. The Morgan fingerprint density at radius 3 is 2.52 bits per heavy atom. The zero-order valence-electron chi connectivity index (χ0n) is 14.1. The van der Waals surface area contributed by atoms with Crippen LogP contribution < -0.4 is 10.1 Å². The standard InChI is InChI=1S/C18H26N2O3/c1-13-9-15(11-20-5-7-22-8-6-20)10-14(2)18(13)23-12-17(21)19-16-3-4-16/h9-10,16H,3-8,11-12H2,1-2H3,(H,19,21). The molecule has 0 unspecified atom stereocenters. The van der Waals surface area contributed by atoms with E-state index >= 15 is 0 Å². The number of amides is 1. The van der Waals surface area contributed by atoms with Gasteiger partial charge in [-0.1, -0.05) is 12.1 Å². The van der Waals surface area contributed by atoms with Crippen molar-refractivity contribution in [1.29, 1.82) is 0 Å². The van der Waals surface area contributed by atoms with Crippen molar-refractivity contribution in [3.8, 4) is 5.75 Å². The summed E-state index contributed by atoms with van der Waals surface area (Å²) in [5.41, 5.74) is 3.47. The molecule has 1 saturated carbocycles. The van der Waals surface area contributed by atoms with Crippen molar-refractivity contribution < 1.29 is 14.3 Å². The topological polar surface area (TPSA) is 50.8 Å². The van der Waals surface area contributed by atoms with E-state index in [9.17, 15) is 4.79 Å². The van der Waals surface area contributed by atoms with Gasteiger partial charge in [-0.25, -0.2) is 0 Å². The van der Waals surface area contributed by atoms with Gasteiger partial charge < -0.3 is 14.8 Å². The van der Waals surface area contributed by atoms with Crippen LogP contribution in [0.5, 0.6) is 5.75 Å². The minimum absolute atomic E-state index is 0.0244. The zero-order valence-corrected chi connectivity index (χ0v) is 14.1. The summed E-state index contributed by atoms with van der Waals surface area (Å²) in [4.78, 5) is 14.2. The summed E-state index contributed by atoms with van der Waals surface area (Å²) in [7, 11) is 0. The molecule has 2 aliphatic rings. The van der Waals surface area contributed by atoms with Crippen molar-refractivity contribution in [3.63, 3.8) is 0 Å². The van der Waals surface area contributed by atoms with Gasteiger partial charge in [-0.05, 0) is 43.4 Å². The van der Waals surface area contributed by atoms with Crippen LogP contribution in [-0.2, 0) is 16.1 Å². The number of nitrogens with one attached hydrogen (secondary N) is 1. The summed E-state index contributed by atoms with van der Waals surface area (Å²) in [6.45, 7) is 8.72. The van der Waals surface area contributed by atoms with E-state index in [1.165, 1.54) is 5.56 Å². The Morgan fingerprint density at radius 1 is 1.26 bits per heavy atom. The number of benzene rings is 1. The van der Waals surface area contributed by atoms with Crippen LogP contribution in [0.2, 0.25) is 0 Å². The number of carbonyl (C=O) groups is 1. The van der Waals surface area contributed by atoms with Crippen LogP contribution in [0.4, 0.5) is 0 Å². The largest absolute Gasteiger partial charge is 0.483 e. The van der Waals surface area contributed by atoms with Gasteiger partial charge in [0.2, 0.25) is 0 Å². The smallest absolute Gasteiger partial charge is 0.258 e. The lowest BCUT2D eigenvalue weighted by Crippen LogP contribution is -2.35. The Balaban J connectivity index is 1.58. The molecule has 1 aliphatic carbocycles. The summed E-state index contributed by atoms with van der Waals surface area (Å²) >= 11 is 0. The number of hydrogen-bond donors (Lipinski definition) is 1. The molecule has 2 fully saturated rings. The van der Waals surface area contributed by atoms with Gasteiger partial charge >= 0.3 is 0 Å². The lowest BCUT2D eigenvalue weighted by atomic mass is 10.1. The molecule has 1 amide bonds. The highest BCUT2D eigenvalue weighted by molar-refractivity contribution is 5.78. The highest BCUT2D eigenvalue weighted by Crippen LogP contribution is 2.26. The lowest BCUT2D eigenvalue weighted by molar-refractivity contribution is -0.123. The Kier molecular flexibility index (Phi) is 5.18. The first-order chi connectivity index (χ1) is 11.1. The number of rotatable bonds is 6. The van der Waals surface area contributed by atoms with Gasteiger partial charge in [-0.2, -0.15) is 0 Å². The van der Waals surface area contributed by atoms with E-state index in [1.54, 1.807) is 0 Å². The van der Waals surface area contributed by atoms with Gasteiger partial charge in [-0.3, -0.25) is 9.69 Å². The first-order valence-electron chi connectivity index (χ1n) is 8.44. The second-order valence-electron chi connectivity index (χ2n) is 6.58. The fraction of sp³-hybridized carbons (Fsp3) is 0.611. The molecule has 0 radical (unpaired) electrons. The highest BCUT2D eigenvalue weighted by atomic mass is 16.5. The normalized spacial score (nSPS) is 18.7. The minimum Gasteiger partial charge on any atom is -0.483 e. The number of nitrogens with zero attached hydrogens (tertiary/aromatic N) is 1. The molecule has 0 spiro atoms. The summed E-state index contributed by atoms with van der Waals surface area (Å²) in [5, 5.41) is 2.95. The van der Waals surface area contributed by atoms with Gasteiger partial charge in [0.1, 0.15) is 5.75 Å². The molecular formula is C18H26N2O3. The molecule has 0 bridgehead atoms. The Labute approximate surface area is 137 Å². The maximum Gasteiger partial charge on any atom is 0.258 e. The van der Waals surface area contributed by atoms with Crippen LogP contribution in [0.3, 0.4) is 0 Å². The lowest BCUT2D eigenvalue weighted by Gasteiger charge is -2.27. The first-order valence-corrected chi connectivity index (χ1v) is 8.44. The van der Waals surface area contributed by atoms with Crippen molar-refractivity contribution in [2.75, 3.05) is 32.9 Å². The second kappa shape index (κ2) is 7.32. The van der Waals surface area contributed by atoms with Crippen molar-refractivity contribution in [2.24, 2.45) is 0 Å². The van der Waals surface area contributed by atoms with E-state index in [-0.39, 0.29) is 12.5 Å². The number of morpholine rings is 1. The van der Waals surface area contributed by atoms with Crippen molar-refractivity contribution in [2.45, 2.75) is 39.3 Å². The van der Waals surface area contributed by atoms with E-state index in [0.717, 1.165) is 62.6 Å². The Morgan fingerprint density at radius 2 is 1.91 bits per heavy atom. The molecule has 0 aromatic heterocycles. The predicted molar refractivity (Wildman–Crippen MR) is 88.7 cm³/mol. The predicted octanol–water partition coefficient (Wildman–Crippen LogP) is 1.79. The second-order valence-corrected chi connectivity index (χ2v) is 6.58. The van der Waals surface area contributed by atoms with Crippen LogP contribution in [0.1, 0.15) is 29.5 Å². The molecule has 1 N–H and O–H groups in total.